The van der Waals surface area contributed by atoms with E-state index in [1.54, 1.807) is 6.20 Å². The van der Waals surface area contributed by atoms with Crippen molar-refractivity contribution in [2.24, 2.45) is 0 Å². The van der Waals surface area contributed by atoms with Gasteiger partial charge in [-0.15, -0.1) is 12.4 Å². The molecule has 1 aromatic carbocycles. The SMILES string of the molecule is CCC(CC)NNC(=O)c1c[nH]c2ccccc12.Cl. The molecule has 0 spiro atoms. The number of carbonyl (C=O) groups excluding carboxylic acids is 1. The van der Waals surface area contributed by atoms with Gasteiger partial charge in [0.05, 0.1) is 5.56 Å². The van der Waals surface area contributed by atoms with Gasteiger partial charge in [0.25, 0.3) is 5.91 Å². The highest BCUT2D eigenvalue weighted by molar-refractivity contribution is 6.06. The standard InChI is InChI=1S/C14H19N3O.ClH/c1-3-10(4-2)16-17-14(18)12-9-15-13-8-6-5-7-11(12)13;/h5-10,15-16H,3-4H2,1-2H3,(H,17,18);1H. The van der Waals surface area contributed by atoms with E-state index in [0.717, 1.165) is 23.7 Å². The summed E-state index contributed by atoms with van der Waals surface area (Å²) in [5.74, 6) is -0.0978. The molecule has 0 atom stereocenters. The van der Waals surface area contributed by atoms with Crippen molar-refractivity contribution in [3.63, 3.8) is 0 Å². The zero-order valence-corrected chi connectivity index (χ0v) is 12.0. The number of hydrazine groups is 1. The first-order valence-electron chi connectivity index (χ1n) is 6.38. The van der Waals surface area contributed by atoms with E-state index in [9.17, 15) is 4.79 Å². The fourth-order valence-electron chi connectivity index (χ4n) is 1.99. The number of rotatable bonds is 5. The van der Waals surface area contributed by atoms with Gasteiger partial charge in [0, 0.05) is 23.1 Å². The Hall–Kier alpha value is -1.52. The molecule has 0 unspecified atom stereocenters. The molecule has 0 aliphatic rings. The van der Waals surface area contributed by atoms with Crippen LogP contribution in [0, 0.1) is 0 Å². The van der Waals surface area contributed by atoms with Crippen LogP contribution < -0.4 is 10.9 Å². The maximum Gasteiger partial charge on any atom is 0.267 e. The van der Waals surface area contributed by atoms with E-state index in [0.29, 0.717) is 11.6 Å². The first-order chi connectivity index (χ1) is 8.76. The highest BCUT2D eigenvalue weighted by Crippen LogP contribution is 2.17. The number of amides is 1. The quantitative estimate of drug-likeness (QED) is 0.738. The number of fused-ring (bicyclic) bond motifs is 1. The molecular formula is C14H20ClN3O. The maximum atomic E-state index is 12.1. The number of hydrogen-bond donors (Lipinski definition) is 3. The van der Waals surface area contributed by atoms with Crippen LogP contribution in [0.25, 0.3) is 10.9 Å². The van der Waals surface area contributed by atoms with Gasteiger partial charge in [-0.05, 0) is 18.9 Å². The molecule has 2 rings (SSSR count). The monoisotopic (exact) mass is 281 g/mol. The molecule has 0 radical (unpaired) electrons. The van der Waals surface area contributed by atoms with E-state index < -0.39 is 0 Å². The predicted octanol–water partition coefficient (Wildman–Crippen LogP) is 3.01. The molecule has 19 heavy (non-hydrogen) atoms. The molecule has 0 saturated heterocycles. The van der Waals surface area contributed by atoms with Crippen LogP contribution in [0.4, 0.5) is 0 Å². The molecule has 0 aliphatic carbocycles. The number of aromatic nitrogens is 1. The molecule has 2 aromatic rings. The van der Waals surface area contributed by atoms with Gasteiger partial charge in [0.1, 0.15) is 0 Å². The molecule has 5 heteroatoms. The van der Waals surface area contributed by atoms with Gasteiger partial charge < -0.3 is 4.98 Å². The van der Waals surface area contributed by atoms with Crippen molar-refractivity contribution in [1.82, 2.24) is 15.8 Å². The summed E-state index contributed by atoms with van der Waals surface area (Å²) in [5.41, 5.74) is 7.48. The van der Waals surface area contributed by atoms with E-state index in [4.69, 9.17) is 0 Å². The van der Waals surface area contributed by atoms with Crippen molar-refractivity contribution in [3.8, 4) is 0 Å². The van der Waals surface area contributed by atoms with Crippen molar-refractivity contribution in [3.05, 3.63) is 36.0 Å². The van der Waals surface area contributed by atoms with Crippen LogP contribution in [0.2, 0.25) is 0 Å². The van der Waals surface area contributed by atoms with E-state index in [2.05, 4.69) is 29.7 Å². The van der Waals surface area contributed by atoms with Crippen molar-refractivity contribution < 1.29 is 4.79 Å². The number of carbonyl (C=O) groups is 1. The lowest BCUT2D eigenvalue weighted by Gasteiger charge is -2.15. The second-order valence-corrected chi connectivity index (χ2v) is 4.36. The molecular weight excluding hydrogens is 262 g/mol. The minimum Gasteiger partial charge on any atom is -0.360 e. The van der Waals surface area contributed by atoms with Crippen LogP contribution in [0.5, 0.6) is 0 Å². The fraction of sp³-hybridized carbons (Fsp3) is 0.357. The van der Waals surface area contributed by atoms with Crippen molar-refractivity contribution >= 4 is 29.2 Å². The van der Waals surface area contributed by atoms with Gasteiger partial charge >= 0.3 is 0 Å². The maximum absolute atomic E-state index is 12.1. The molecule has 3 N–H and O–H groups in total. The Morgan fingerprint density at radius 2 is 1.95 bits per heavy atom. The predicted molar refractivity (Wildman–Crippen MR) is 80.5 cm³/mol. The highest BCUT2D eigenvalue weighted by atomic mass is 35.5. The summed E-state index contributed by atoms with van der Waals surface area (Å²) in [7, 11) is 0. The van der Waals surface area contributed by atoms with Gasteiger partial charge in [-0.2, -0.15) is 0 Å². The Morgan fingerprint density at radius 3 is 2.63 bits per heavy atom. The number of para-hydroxylation sites is 1. The molecule has 1 amide bonds. The Balaban J connectivity index is 0.00000180. The van der Waals surface area contributed by atoms with Gasteiger partial charge in [-0.25, -0.2) is 5.43 Å². The summed E-state index contributed by atoms with van der Waals surface area (Å²) >= 11 is 0. The van der Waals surface area contributed by atoms with E-state index in [-0.39, 0.29) is 18.3 Å². The Bertz CT molecular complexity index is 534. The zero-order chi connectivity index (χ0) is 13.0. The Labute approximate surface area is 119 Å². The third-order valence-corrected chi connectivity index (χ3v) is 3.21. The largest absolute Gasteiger partial charge is 0.360 e. The molecule has 0 aliphatic heterocycles. The molecule has 4 nitrogen and oxygen atoms in total. The summed E-state index contributed by atoms with van der Waals surface area (Å²) in [6.07, 6.45) is 3.73. The molecule has 104 valence electrons. The zero-order valence-electron chi connectivity index (χ0n) is 11.2. The van der Waals surface area contributed by atoms with E-state index in [1.807, 2.05) is 24.3 Å². The number of aromatic amines is 1. The lowest BCUT2D eigenvalue weighted by molar-refractivity contribution is 0.0925. The summed E-state index contributed by atoms with van der Waals surface area (Å²) in [4.78, 5) is 15.2. The van der Waals surface area contributed by atoms with E-state index in [1.165, 1.54) is 0 Å². The van der Waals surface area contributed by atoms with Crippen LogP contribution >= 0.6 is 12.4 Å². The minimum atomic E-state index is -0.0978. The van der Waals surface area contributed by atoms with E-state index >= 15 is 0 Å². The van der Waals surface area contributed by atoms with Crippen LogP contribution in [-0.2, 0) is 0 Å². The average Bonchev–Trinajstić information content (AvgIpc) is 2.83. The molecule has 1 aromatic heterocycles. The molecule has 1 heterocycles. The Kier molecular flexibility index (Phi) is 5.86. The topological polar surface area (TPSA) is 56.9 Å². The van der Waals surface area contributed by atoms with Crippen LogP contribution in [0.15, 0.2) is 30.5 Å². The van der Waals surface area contributed by atoms with Crippen molar-refractivity contribution in [2.45, 2.75) is 32.7 Å². The van der Waals surface area contributed by atoms with Gasteiger partial charge in [-0.3, -0.25) is 10.2 Å². The van der Waals surface area contributed by atoms with Crippen LogP contribution in [-0.4, -0.2) is 16.9 Å². The normalized spacial score (nSPS) is 10.5. The van der Waals surface area contributed by atoms with Gasteiger partial charge in [-0.1, -0.05) is 32.0 Å². The minimum absolute atomic E-state index is 0. The van der Waals surface area contributed by atoms with Crippen LogP contribution in [0.1, 0.15) is 37.0 Å². The van der Waals surface area contributed by atoms with Crippen molar-refractivity contribution in [2.75, 3.05) is 0 Å². The van der Waals surface area contributed by atoms with Gasteiger partial charge in [0.15, 0.2) is 0 Å². The second kappa shape index (κ2) is 7.16. The van der Waals surface area contributed by atoms with Crippen LogP contribution in [0.3, 0.4) is 0 Å². The number of halogens is 1. The van der Waals surface area contributed by atoms with Crippen molar-refractivity contribution in [1.29, 1.82) is 0 Å². The number of nitrogens with one attached hydrogen (secondary N) is 3. The summed E-state index contributed by atoms with van der Waals surface area (Å²) in [5, 5.41) is 0.946. The number of hydrogen-bond acceptors (Lipinski definition) is 2. The smallest absolute Gasteiger partial charge is 0.267 e. The molecule has 0 bridgehead atoms. The third-order valence-electron chi connectivity index (χ3n) is 3.21. The Morgan fingerprint density at radius 1 is 1.26 bits per heavy atom. The molecule has 0 saturated carbocycles. The lowest BCUT2D eigenvalue weighted by Crippen LogP contribution is -2.43. The third kappa shape index (κ3) is 3.49. The summed E-state index contributed by atoms with van der Waals surface area (Å²) in [6, 6.07) is 8.10. The summed E-state index contributed by atoms with van der Waals surface area (Å²) in [6.45, 7) is 4.19. The lowest BCUT2D eigenvalue weighted by atomic mass is 10.1. The number of H-pyrrole nitrogens is 1. The molecule has 0 fully saturated rings. The fourth-order valence-corrected chi connectivity index (χ4v) is 1.99. The first kappa shape index (κ1) is 15.5. The van der Waals surface area contributed by atoms with Gasteiger partial charge in [0.2, 0.25) is 0 Å². The first-order valence-corrected chi connectivity index (χ1v) is 6.38. The highest BCUT2D eigenvalue weighted by Gasteiger charge is 2.12. The average molecular weight is 282 g/mol. The summed E-state index contributed by atoms with van der Waals surface area (Å²) < 4.78 is 0. The second-order valence-electron chi connectivity index (χ2n) is 4.36. The number of benzene rings is 1.